The van der Waals surface area contributed by atoms with Crippen molar-refractivity contribution in [2.75, 3.05) is 13.1 Å². The molecule has 0 amide bonds. The second-order valence-corrected chi connectivity index (χ2v) is 9.50. The van der Waals surface area contributed by atoms with Crippen LogP contribution in [0.2, 0.25) is 0 Å². The highest BCUT2D eigenvalue weighted by atomic mass is 32.2. The normalized spacial score (nSPS) is 19.1. The monoisotopic (exact) mass is 385 g/mol. The van der Waals surface area contributed by atoms with Crippen LogP contribution in [0.15, 0.2) is 53.4 Å². The third-order valence-electron chi connectivity index (χ3n) is 6.03. The van der Waals surface area contributed by atoms with Crippen LogP contribution in [-0.2, 0) is 33.1 Å². The van der Waals surface area contributed by atoms with Crippen LogP contribution < -0.4 is 0 Å². The van der Waals surface area contributed by atoms with Crippen LogP contribution in [0.25, 0.3) is 0 Å². The number of aryl methyl sites for hydroxylation is 1. The van der Waals surface area contributed by atoms with Gasteiger partial charge in [-0.15, -0.1) is 0 Å². The molecule has 2 aromatic carbocycles. The summed E-state index contributed by atoms with van der Waals surface area (Å²) in [7, 11) is -3.60. The Morgan fingerprint density at radius 2 is 1.78 bits per heavy atom. The van der Waals surface area contributed by atoms with Crippen LogP contribution in [0.4, 0.5) is 0 Å². The van der Waals surface area contributed by atoms with Crippen molar-refractivity contribution in [3.05, 3.63) is 65.2 Å². The zero-order valence-corrected chi connectivity index (χ0v) is 15.9. The van der Waals surface area contributed by atoms with Crippen molar-refractivity contribution in [1.29, 1.82) is 0 Å². The molecule has 1 N–H and O–H groups in total. The molecule has 0 bridgehead atoms. The van der Waals surface area contributed by atoms with Crippen molar-refractivity contribution < 1.29 is 18.3 Å². The average Bonchev–Trinajstić information content (AvgIpc) is 3.00. The maximum Gasteiger partial charge on any atom is 0.307 e. The predicted molar refractivity (Wildman–Crippen MR) is 102 cm³/mol. The average molecular weight is 385 g/mol. The molecule has 4 rings (SSSR count). The van der Waals surface area contributed by atoms with Gasteiger partial charge in [-0.25, -0.2) is 8.42 Å². The highest BCUT2D eigenvalue weighted by Crippen LogP contribution is 2.46. The second-order valence-electron chi connectivity index (χ2n) is 7.56. The molecular formula is C21H23NO4S. The van der Waals surface area contributed by atoms with Gasteiger partial charge in [-0.2, -0.15) is 4.31 Å². The van der Waals surface area contributed by atoms with E-state index in [9.17, 15) is 13.2 Å². The van der Waals surface area contributed by atoms with E-state index in [1.54, 1.807) is 22.5 Å². The van der Waals surface area contributed by atoms with E-state index in [-0.39, 0.29) is 16.7 Å². The van der Waals surface area contributed by atoms with E-state index in [0.29, 0.717) is 18.7 Å². The summed E-state index contributed by atoms with van der Waals surface area (Å²) in [5.41, 5.74) is 3.40. The fourth-order valence-corrected chi connectivity index (χ4v) is 6.09. The van der Waals surface area contributed by atoms with Crippen LogP contribution in [0, 0.1) is 0 Å². The quantitative estimate of drug-likeness (QED) is 0.878. The zero-order chi connectivity index (χ0) is 19.1. The largest absolute Gasteiger partial charge is 0.481 e. The van der Waals surface area contributed by atoms with Gasteiger partial charge in [-0.05, 0) is 59.9 Å². The number of aliphatic carboxylic acids is 1. The number of fused-ring (bicyclic) bond motifs is 2. The molecule has 5 nitrogen and oxygen atoms in total. The van der Waals surface area contributed by atoms with E-state index in [4.69, 9.17) is 5.11 Å². The third kappa shape index (κ3) is 3.28. The van der Waals surface area contributed by atoms with Crippen LogP contribution >= 0.6 is 0 Å². The Balaban J connectivity index is 1.54. The number of rotatable bonds is 4. The molecule has 0 aromatic heterocycles. The summed E-state index contributed by atoms with van der Waals surface area (Å²) < 4.78 is 27.7. The summed E-state index contributed by atoms with van der Waals surface area (Å²) in [5, 5.41) is 8.95. The molecule has 1 heterocycles. The van der Waals surface area contributed by atoms with Crippen molar-refractivity contribution in [3.8, 4) is 0 Å². The number of piperidine rings is 1. The molecule has 27 heavy (non-hydrogen) atoms. The fraction of sp³-hybridized carbons (Fsp3) is 0.381. The molecule has 1 saturated heterocycles. The molecule has 1 spiro atoms. The van der Waals surface area contributed by atoms with Gasteiger partial charge in [0.2, 0.25) is 10.0 Å². The lowest BCUT2D eigenvalue weighted by Crippen LogP contribution is -2.44. The predicted octanol–water partition coefficient (Wildman–Crippen LogP) is 2.98. The highest BCUT2D eigenvalue weighted by Gasteiger charge is 2.43. The number of carbonyl (C=O) groups is 1. The lowest BCUT2D eigenvalue weighted by molar-refractivity contribution is -0.136. The summed E-state index contributed by atoms with van der Waals surface area (Å²) in [6, 6.07) is 14.8. The lowest BCUT2D eigenvalue weighted by atomic mass is 9.74. The van der Waals surface area contributed by atoms with Gasteiger partial charge in [0.05, 0.1) is 11.3 Å². The van der Waals surface area contributed by atoms with Gasteiger partial charge >= 0.3 is 5.97 Å². The topological polar surface area (TPSA) is 74.7 Å². The summed E-state index contributed by atoms with van der Waals surface area (Å²) in [4.78, 5) is 11.1. The maximum atomic E-state index is 13.1. The van der Waals surface area contributed by atoms with E-state index in [1.807, 2.05) is 0 Å². The molecule has 0 radical (unpaired) electrons. The van der Waals surface area contributed by atoms with E-state index < -0.39 is 16.0 Å². The van der Waals surface area contributed by atoms with Crippen LogP contribution in [0.3, 0.4) is 0 Å². The first-order chi connectivity index (χ1) is 12.9. The Bertz CT molecular complexity index is 975. The number of sulfonamides is 1. The molecule has 1 fully saturated rings. The Kier molecular flexibility index (Phi) is 4.56. The minimum Gasteiger partial charge on any atom is -0.481 e. The molecule has 142 valence electrons. The van der Waals surface area contributed by atoms with Crippen molar-refractivity contribution in [2.45, 2.75) is 42.4 Å². The van der Waals surface area contributed by atoms with Gasteiger partial charge in [0.1, 0.15) is 0 Å². The SMILES string of the molecule is O=C(O)Cc1cccc(S(=O)(=O)N2CCC3(CCc4ccccc43)CC2)c1. The molecule has 1 aliphatic carbocycles. The number of carboxylic acid groups (broad SMARTS) is 1. The van der Waals surface area contributed by atoms with Gasteiger partial charge < -0.3 is 5.11 Å². The minimum absolute atomic E-state index is 0.105. The zero-order valence-electron chi connectivity index (χ0n) is 15.1. The van der Waals surface area contributed by atoms with Crippen molar-refractivity contribution in [1.82, 2.24) is 4.31 Å². The van der Waals surface area contributed by atoms with Crippen LogP contribution in [-0.4, -0.2) is 36.9 Å². The van der Waals surface area contributed by atoms with Gasteiger partial charge in [0.15, 0.2) is 0 Å². The first-order valence-electron chi connectivity index (χ1n) is 9.30. The summed E-state index contributed by atoms with van der Waals surface area (Å²) in [6.45, 7) is 1.000. The molecular weight excluding hydrogens is 362 g/mol. The summed E-state index contributed by atoms with van der Waals surface area (Å²) in [5.74, 6) is -0.968. The number of hydrogen-bond acceptors (Lipinski definition) is 3. The highest BCUT2D eigenvalue weighted by molar-refractivity contribution is 7.89. The molecule has 2 aliphatic rings. The Morgan fingerprint density at radius 3 is 2.52 bits per heavy atom. The lowest BCUT2D eigenvalue weighted by Gasteiger charge is -2.39. The van der Waals surface area contributed by atoms with Gasteiger partial charge in [-0.3, -0.25) is 4.79 Å². The van der Waals surface area contributed by atoms with Gasteiger partial charge in [0.25, 0.3) is 0 Å². The summed E-state index contributed by atoms with van der Waals surface area (Å²) in [6.07, 6.45) is 3.65. The van der Waals surface area contributed by atoms with Gasteiger partial charge in [-0.1, -0.05) is 36.4 Å². The van der Waals surface area contributed by atoms with E-state index in [0.717, 1.165) is 25.7 Å². The standard InChI is InChI=1S/C21H23NO4S/c23-20(24)15-16-4-3-6-18(14-16)27(25,26)22-12-10-21(11-13-22)9-8-17-5-1-2-7-19(17)21/h1-7,14H,8-13,15H2,(H,23,24). The van der Waals surface area contributed by atoms with Gasteiger partial charge in [0, 0.05) is 13.1 Å². The van der Waals surface area contributed by atoms with Crippen molar-refractivity contribution in [3.63, 3.8) is 0 Å². The molecule has 6 heteroatoms. The Morgan fingerprint density at radius 1 is 1.04 bits per heavy atom. The Labute approximate surface area is 159 Å². The van der Waals surface area contributed by atoms with Crippen LogP contribution in [0.5, 0.6) is 0 Å². The first-order valence-corrected chi connectivity index (χ1v) is 10.7. The van der Waals surface area contributed by atoms with E-state index >= 15 is 0 Å². The fourth-order valence-electron chi connectivity index (χ4n) is 4.58. The maximum absolute atomic E-state index is 13.1. The van der Waals surface area contributed by atoms with Crippen molar-refractivity contribution >= 4 is 16.0 Å². The third-order valence-corrected chi connectivity index (χ3v) is 7.93. The number of benzene rings is 2. The number of nitrogens with zero attached hydrogens (tertiary/aromatic N) is 1. The molecule has 1 aliphatic heterocycles. The second kappa shape index (κ2) is 6.77. The van der Waals surface area contributed by atoms with Crippen molar-refractivity contribution in [2.24, 2.45) is 0 Å². The van der Waals surface area contributed by atoms with Crippen LogP contribution in [0.1, 0.15) is 36.0 Å². The minimum atomic E-state index is -3.60. The molecule has 0 atom stereocenters. The Hall–Kier alpha value is -2.18. The number of carboxylic acids is 1. The molecule has 2 aromatic rings. The van der Waals surface area contributed by atoms with E-state index in [2.05, 4.69) is 24.3 Å². The molecule has 0 unspecified atom stereocenters. The van der Waals surface area contributed by atoms with E-state index in [1.165, 1.54) is 17.2 Å². The molecule has 0 saturated carbocycles. The summed E-state index contributed by atoms with van der Waals surface area (Å²) >= 11 is 0. The smallest absolute Gasteiger partial charge is 0.307 e. The first kappa shape index (κ1) is 18.2. The number of hydrogen-bond donors (Lipinski definition) is 1.